The molecule has 0 aliphatic heterocycles. The molecule has 0 bridgehead atoms. The maximum Gasteiger partial charge on any atom is 0.341 e. The van der Waals surface area contributed by atoms with Gasteiger partial charge in [-0.3, -0.25) is 0 Å². The normalized spacial score (nSPS) is 29.3. The number of rotatable bonds is 4. The highest BCUT2D eigenvalue weighted by atomic mass is 28.4. The second-order valence-electron chi connectivity index (χ2n) is 7.18. The Kier molecular flexibility index (Phi) is 4.83. The highest BCUT2D eigenvalue weighted by Gasteiger charge is 2.49. The van der Waals surface area contributed by atoms with E-state index in [1.165, 1.54) is 0 Å². The van der Waals surface area contributed by atoms with Gasteiger partial charge in [0.05, 0.1) is 0 Å². The molecule has 0 spiro atoms. The second kappa shape index (κ2) is 5.52. The van der Waals surface area contributed by atoms with Crippen LogP contribution in [0.1, 0.15) is 46.5 Å². The van der Waals surface area contributed by atoms with Gasteiger partial charge in [-0.2, -0.15) is 0 Å². The molecule has 5 heteroatoms. The first-order chi connectivity index (χ1) is 8.51. The van der Waals surface area contributed by atoms with Crippen LogP contribution in [0.5, 0.6) is 0 Å². The third-order valence-electron chi connectivity index (χ3n) is 4.80. The molecule has 1 aliphatic carbocycles. The number of carboxylic acids is 1. The first kappa shape index (κ1) is 16.6. The zero-order chi connectivity index (χ0) is 14.9. The van der Waals surface area contributed by atoms with E-state index in [2.05, 4.69) is 33.9 Å². The monoisotopic (exact) mass is 290 g/mol. The van der Waals surface area contributed by atoms with Gasteiger partial charge in [-0.25, -0.2) is 9.18 Å². The van der Waals surface area contributed by atoms with E-state index in [9.17, 15) is 9.18 Å². The summed E-state index contributed by atoms with van der Waals surface area (Å²) in [6.45, 7) is 10.8. The molecule has 0 saturated heterocycles. The fourth-order valence-corrected chi connectivity index (χ4v) is 3.28. The van der Waals surface area contributed by atoms with Gasteiger partial charge in [0.1, 0.15) is 0 Å². The first-order valence-corrected chi connectivity index (χ1v) is 9.98. The van der Waals surface area contributed by atoms with Gasteiger partial charge in [-0.05, 0) is 37.4 Å². The van der Waals surface area contributed by atoms with E-state index >= 15 is 0 Å². The van der Waals surface area contributed by atoms with E-state index in [-0.39, 0.29) is 18.1 Å². The molecule has 0 aromatic rings. The molecular weight excluding hydrogens is 263 g/mol. The first-order valence-electron chi connectivity index (χ1n) is 7.07. The standard InChI is InChI=1S/C14H27FO3Si/c1-13(2,3)19(4,5)18-10-11-8-6-7-9-14(11,15)12(16)17/h11H,6-10H2,1-5H3,(H,16,17). The van der Waals surface area contributed by atoms with Gasteiger partial charge >= 0.3 is 5.97 Å². The van der Waals surface area contributed by atoms with Crippen molar-refractivity contribution in [2.24, 2.45) is 5.92 Å². The minimum absolute atomic E-state index is 0.0594. The summed E-state index contributed by atoms with van der Waals surface area (Å²) < 4.78 is 20.6. The molecule has 0 aromatic heterocycles. The van der Waals surface area contributed by atoms with Gasteiger partial charge in [0.2, 0.25) is 5.67 Å². The smallest absolute Gasteiger partial charge is 0.341 e. The van der Waals surface area contributed by atoms with Crippen LogP contribution >= 0.6 is 0 Å². The molecule has 1 N–H and O–H groups in total. The number of halogens is 1. The van der Waals surface area contributed by atoms with Gasteiger partial charge < -0.3 is 9.53 Å². The van der Waals surface area contributed by atoms with E-state index in [1.54, 1.807) is 0 Å². The van der Waals surface area contributed by atoms with Crippen molar-refractivity contribution in [1.29, 1.82) is 0 Å². The lowest BCUT2D eigenvalue weighted by Crippen LogP contribution is -2.49. The molecule has 0 heterocycles. The summed E-state index contributed by atoms with van der Waals surface area (Å²) in [6.07, 6.45) is 2.27. The van der Waals surface area contributed by atoms with Crippen molar-refractivity contribution in [3.05, 3.63) is 0 Å². The van der Waals surface area contributed by atoms with Gasteiger partial charge in [0, 0.05) is 12.5 Å². The Hall–Kier alpha value is -0.423. The van der Waals surface area contributed by atoms with E-state index < -0.39 is 25.9 Å². The zero-order valence-corrected chi connectivity index (χ0v) is 13.8. The second-order valence-corrected chi connectivity index (χ2v) is 12.0. The van der Waals surface area contributed by atoms with Crippen molar-refractivity contribution in [2.45, 2.75) is 70.3 Å². The van der Waals surface area contributed by atoms with Crippen molar-refractivity contribution in [1.82, 2.24) is 0 Å². The SMILES string of the molecule is CC(C)(C)[Si](C)(C)OCC1CCCCC1(F)C(=O)O. The summed E-state index contributed by atoms with van der Waals surface area (Å²) in [6, 6.07) is 0. The molecule has 3 nitrogen and oxygen atoms in total. The van der Waals surface area contributed by atoms with Crippen LogP contribution in [-0.2, 0) is 9.22 Å². The van der Waals surface area contributed by atoms with Gasteiger partial charge in [-0.15, -0.1) is 0 Å². The van der Waals surface area contributed by atoms with Crippen molar-refractivity contribution in [2.75, 3.05) is 6.61 Å². The van der Waals surface area contributed by atoms with Crippen LogP contribution in [0, 0.1) is 5.92 Å². The van der Waals surface area contributed by atoms with Crippen LogP contribution in [0.25, 0.3) is 0 Å². The number of hydrogen-bond donors (Lipinski definition) is 1. The number of aliphatic carboxylic acids is 1. The lowest BCUT2D eigenvalue weighted by Gasteiger charge is -2.40. The van der Waals surface area contributed by atoms with E-state index in [4.69, 9.17) is 9.53 Å². The lowest BCUT2D eigenvalue weighted by molar-refractivity contribution is -0.159. The maximum atomic E-state index is 14.6. The Morgan fingerprint density at radius 2 is 2.00 bits per heavy atom. The summed E-state index contributed by atoms with van der Waals surface area (Å²) in [5.41, 5.74) is -2.10. The Morgan fingerprint density at radius 3 is 2.47 bits per heavy atom. The van der Waals surface area contributed by atoms with Gasteiger partial charge in [0.15, 0.2) is 8.32 Å². The molecule has 1 aliphatic rings. The van der Waals surface area contributed by atoms with Crippen LogP contribution in [0.3, 0.4) is 0 Å². The van der Waals surface area contributed by atoms with Crippen LogP contribution in [-0.4, -0.2) is 31.7 Å². The Morgan fingerprint density at radius 1 is 1.42 bits per heavy atom. The minimum Gasteiger partial charge on any atom is -0.479 e. The molecule has 2 unspecified atom stereocenters. The summed E-state index contributed by atoms with van der Waals surface area (Å²) in [7, 11) is -1.95. The molecule has 1 fully saturated rings. The predicted octanol–water partition coefficient (Wildman–Crippen LogP) is 3.99. The number of hydrogen-bond acceptors (Lipinski definition) is 2. The van der Waals surface area contributed by atoms with E-state index in [1.807, 2.05) is 0 Å². The molecule has 0 radical (unpaired) electrons. The molecule has 112 valence electrons. The third kappa shape index (κ3) is 3.57. The topological polar surface area (TPSA) is 46.5 Å². The average molecular weight is 290 g/mol. The summed E-state index contributed by atoms with van der Waals surface area (Å²) >= 11 is 0. The molecule has 0 aromatic carbocycles. The van der Waals surface area contributed by atoms with Crippen molar-refractivity contribution in [3.8, 4) is 0 Å². The predicted molar refractivity (Wildman–Crippen MR) is 76.6 cm³/mol. The molecule has 2 atom stereocenters. The van der Waals surface area contributed by atoms with Crippen molar-refractivity contribution in [3.63, 3.8) is 0 Å². The highest BCUT2D eigenvalue weighted by Crippen LogP contribution is 2.41. The molecular formula is C14H27FO3Si. The van der Waals surface area contributed by atoms with Crippen LogP contribution in [0.15, 0.2) is 0 Å². The Labute approximate surface area is 116 Å². The zero-order valence-electron chi connectivity index (χ0n) is 12.8. The van der Waals surface area contributed by atoms with Crippen molar-refractivity contribution < 1.29 is 18.7 Å². The highest BCUT2D eigenvalue weighted by molar-refractivity contribution is 6.74. The molecule has 0 amide bonds. The summed E-state index contributed by atoms with van der Waals surface area (Å²) in [5.74, 6) is -1.83. The molecule has 19 heavy (non-hydrogen) atoms. The Bertz CT molecular complexity index is 338. The average Bonchev–Trinajstić information content (AvgIpc) is 2.26. The lowest BCUT2D eigenvalue weighted by atomic mass is 9.77. The largest absolute Gasteiger partial charge is 0.479 e. The molecule has 1 rings (SSSR count). The van der Waals surface area contributed by atoms with Crippen LogP contribution in [0.4, 0.5) is 4.39 Å². The number of carboxylic acid groups (broad SMARTS) is 1. The Balaban J connectivity index is 2.72. The summed E-state index contributed by atoms with van der Waals surface area (Å²) in [5, 5.41) is 9.20. The fraction of sp³-hybridized carbons (Fsp3) is 0.929. The van der Waals surface area contributed by atoms with E-state index in [0.717, 1.165) is 6.42 Å². The quantitative estimate of drug-likeness (QED) is 0.796. The summed E-state index contributed by atoms with van der Waals surface area (Å²) in [4.78, 5) is 11.2. The van der Waals surface area contributed by atoms with Gasteiger partial charge in [0.25, 0.3) is 0 Å². The molecule has 1 saturated carbocycles. The fourth-order valence-electron chi connectivity index (χ4n) is 2.23. The minimum atomic E-state index is -2.10. The number of carbonyl (C=O) groups is 1. The van der Waals surface area contributed by atoms with Crippen LogP contribution in [0.2, 0.25) is 18.1 Å². The van der Waals surface area contributed by atoms with E-state index in [0.29, 0.717) is 12.8 Å². The van der Waals surface area contributed by atoms with Crippen molar-refractivity contribution >= 4 is 14.3 Å². The maximum absolute atomic E-state index is 14.6. The number of alkyl halides is 1. The van der Waals surface area contributed by atoms with Gasteiger partial charge in [-0.1, -0.05) is 27.2 Å². The third-order valence-corrected chi connectivity index (χ3v) is 9.30. The van der Waals surface area contributed by atoms with Crippen LogP contribution < -0.4 is 0 Å².